The molecule has 0 radical (unpaired) electrons. The third-order valence-electron chi connectivity index (χ3n) is 7.89. The zero-order valence-electron chi connectivity index (χ0n) is 26.5. The molecule has 236 valence electrons. The predicted octanol–water partition coefficient (Wildman–Crippen LogP) is 7.70. The average molecular weight is 629 g/mol. The number of nitrogens with one attached hydrogen (secondary N) is 1. The first-order chi connectivity index (χ1) is 22.7. The summed E-state index contributed by atoms with van der Waals surface area (Å²) in [5, 5.41) is 9.53. The second-order valence-corrected chi connectivity index (χ2v) is 11.4. The molecule has 0 aliphatic rings. The van der Waals surface area contributed by atoms with Gasteiger partial charge in [-0.3, -0.25) is 9.59 Å². The number of methoxy groups -OCH3 is 1. The number of rotatable bonds is 9. The highest BCUT2D eigenvalue weighted by molar-refractivity contribution is 6.03. The molecule has 0 fully saturated rings. The van der Waals surface area contributed by atoms with Gasteiger partial charge in [-0.15, -0.1) is 0 Å². The molecule has 0 aliphatic carbocycles. The number of nitrogens with zero attached hydrogens (tertiary/aromatic N) is 3. The molecule has 0 saturated carbocycles. The summed E-state index contributed by atoms with van der Waals surface area (Å²) in [6.45, 7) is 5.78. The summed E-state index contributed by atoms with van der Waals surface area (Å²) in [5.41, 5.74) is 3.71. The van der Waals surface area contributed by atoms with E-state index < -0.39 is 11.7 Å². The van der Waals surface area contributed by atoms with Gasteiger partial charge in [-0.25, -0.2) is 9.37 Å². The number of carbonyl (C=O) groups is 1. The largest absolute Gasteiger partial charge is 0.496 e. The van der Waals surface area contributed by atoms with Crippen molar-refractivity contribution in [3.63, 3.8) is 0 Å². The summed E-state index contributed by atoms with van der Waals surface area (Å²) in [7, 11) is 1.64. The molecular weight excluding hydrogens is 595 g/mol. The van der Waals surface area contributed by atoms with Crippen LogP contribution in [-0.2, 0) is 4.79 Å². The minimum atomic E-state index is -0.459. The summed E-state index contributed by atoms with van der Waals surface area (Å²) < 4.78 is 26.6. The summed E-state index contributed by atoms with van der Waals surface area (Å²) in [6, 6.07) is 28.1. The van der Waals surface area contributed by atoms with Crippen molar-refractivity contribution < 1.29 is 18.7 Å². The fourth-order valence-electron chi connectivity index (χ4n) is 5.53. The molecule has 6 rings (SSSR count). The van der Waals surface area contributed by atoms with Gasteiger partial charge in [-0.2, -0.15) is 9.78 Å². The van der Waals surface area contributed by atoms with Crippen molar-refractivity contribution >= 4 is 39.5 Å². The second kappa shape index (κ2) is 13.3. The fraction of sp³-hybridized carbons (Fsp3) is 0.158. The lowest BCUT2D eigenvalue weighted by molar-refractivity contribution is -0.118. The molecule has 8 nitrogen and oxygen atoms in total. The van der Waals surface area contributed by atoms with E-state index in [2.05, 4.69) is 19.2 Å². The topological polar surface area (TPSA) is 94.8 Å². The third kappa shape index (κ3) is 6.46. The highest BCUT2D eigenvalue weighted by atomic mass is 19.1. The Kier molecular flexibility index (Phi) is 8.79. The second-order valence-electron chi connectivity index (χ2n) is 11.4. The molecule has 0 spiro atoms. The van der Waals surface area contributed by atoms with E-state index >= 15 is 0 Å². The highest BCUT2D eigenvalue weighted by Gasteiger charge is 2.19. The quantitative estimate of drug-likeness (QED) is 0.166. The number of halogens is 1. The Bertz CT molecular complexity index is 2220. The van der Waals surface area contributed by atoms with Crippen LogP contribution in [0.3, 0.4) is 0 Å². The van der Waals surface area contributed by atoms with Crippen LogP contribution < -0.4 is 20.3 Å². The molecule has 5 aromatic carbocycles. The number of fused-ring (bicyclic) bond motifs is 2. The average Bonchev–Trinajstić information content (AvgIpc) is 3.06. The zero-order valence-corrected chi connectivity index (χ0v) is 26.5. The van der Waals surface area contributed by atoms with E-state index in [1.165, 1.54) is 22.9 Å². The summed E-state index contributed by atoms with van der Waals surface area (Å²) in [6.07, 6.45) is 1.56. The van der Waals surface area contributed by atoms with Gasteiger partial charge in [0, 0.05) is 16.8 Å². The highest BCUT2D eigenvalue weighted by Crippen LogP contribution is 2.34. The standard InChI is InChI=1S/C38H33FN4O4/c1-23(2)30-20-31(24(3)18-35(30)46-4)37-42-33-15-8-7-14-29(33)38(45)43(37)40-21-32-28-13-6-5-10-25(28)16-17-34(32)47-22-36(44)41-27-12-9-11-26(39)19-27/h5-21,23H,22H2,1-4H3,(H,41,44). The Hall–Kier alpha value is -5.83. The van der Waals surface area contributed by atoms with Crippen LogP contribution in [0.25, 0.3) is 33.1 Å². The SMILES string of the molecule is COc1cc(C)c(-c2nc3ccccc3c(=O)n2N=Cc2c(OCC(=O)Nc3cccc(F)c3)ccc3ccccc23)cc1C(C)C. The summed E-state index contributed by atoms with van der Waals surface area (Å²) in [4.78, 5) is 31.7. The molecule has 0 aliphatic heterocycles. The number of ether oxygens (including phenoxy) is 2. The molecule has 47 heavy (non-hydrogen) atoms. The van der Waals surface area contributed by atoms with Crippen LogP contribution in [0.15, 0.2) is 107 Å². The molecule has 0 bridgehead atoms. The van der Waals surface area contributed by atoms with Gasteiger partial charge in [0.15, 0.2) is 12.4 Å². The minimum Gasteiger partial charge on any atom is -0.496 e. The van der Waals surface area contributed by atoms with E-state index in [0.717, 1.165) is 33.2 Å². The van der Waals surface area contributed by atoms with Crippen molar-refractivity contribution in [3.05, 3.63) is 130 Å². The number of aryl methyl sites for hydroxylation is 1. The van der Waals surface area contributed by atoms with Crippen LogP contribution in [0.1, 0.15) is 36.5 Å². The van der Waals surface area contributed by atoms with Gasteiger partial charge >= 0.3 is 0 Å². The van der Waals surface area contributed by atoms with Gasteiger partial charge in [0.05, 0.1) is 24.2 Å². The fourth-order valence-corrected chi connectivity index (χ4v) is 5.53. The van der Waals surface area contributed by atoms with Crippen molar-refractivity contribution in [2.75, 3.05) is 19.0 Å². The van der Waals surface area contributed by atoms with E-state index in [1.54, 1.807) is 37.6 Å². The Morgan fingerprint density at radius 2 is 1.72 bits per heavy atom. The number of carbonyl (C=O) groups excluding carboxylic acids is 1. The van der Waals surface area contributed by atoms with Crippen molar-refractivity contribution in [3.8, 4) is 22.9 Å². The number of para-hydroxylation sites is 1. The molecule has 1 heterocycles. The van der Waals surface area contributed by atoms with Crippen molar-refractivity contribution in [2.45, 2.75) is 26.7 Å². The van der Waals surface area contributed by atoms with Gasteiger partial charge in [0.1, 0.15) is 17.3 Å². The smallest absolute Gasteiger partial charge is 0.282 e. The molecule has 1 aromatic heterocycles. The monoisotopic (exact) mass is 628 g/mol. The van der Waals surface area contributed by atoms with Crippen LogP contribution in [0.4, 0.5) is 10.1 Å². The van der Waals surface area contributed by atoms with Crippen LogP contribution in [0.2, 0.25) is 0 Å². The maximum absolute atomic E-state index is 14.0. The summed E-state index contributed by atoms with van der Waals surface area (Å²) in [5.74, 6) is 0.761. The lowest BCUT2D eigenvalue weighted by Crippen LogP contribution is -2.21. The number of hydrogen-bond donors (Lipinski definition) is 1. The molecular formula is C38H33FN4O4. The first kappa shape index (κ1) is 31.2. The Morgan fingerprint density at radius 1 is 0.957 bits per heavy atom. The lowest BCUT2D eigenvalue weighted by Gasteiger charge is -2.17. The van der Waals surface area contributed by atoms with Gasteiger partial charge in [-0.05, 0) is 83.3 Å². The van der Waals surface area contributed by atoms with Crippen molar-refractivity contribution in [1.82, 2.24) is 9.66 Å². The molecule has 0 saturated heterocycles. The maximum Gasteiger partial charge on any atom is 0.282 e. The van der Waals surface area contributed by atoms with Gasteiger partial charge in [0.2, 0.25) is 0 Å². The van der Waals surface area contributed by atoms with E-state index in [-0.39, 0.29) is 18.1 Å². The number of amides is 1. The number of hydrogen-bond acceptors (Lipinski definition) is 6. The lowest BCUT2D eigenvalue weighted by atomic mass is 9.96. The summed E-state index contributed by atoms with van der Waals surface area (Å²) >= 11 is 0. The number of anilines is 1. The molecule has 0 unspecified atom stereocenters. The Morgan fingerprint density at radius 3 is 2.49 bits per heavy atom. The van der Waals surface area contributed by atoms with E-state index in [9.17, 15) is 14.0 Å². The Labute approximate surface area is 271 Å². The predicted molar refractivity (Wildman–Crippen MR) is 184 cm³/mol. The van der Waals surface area contributed by atoms with Gasteiger partial charge in [0.25, 0.3) is 11.5 Å². The normalized spacial score (nSPS) is 11.4. The van der Waals surface area contributed by atoms with Crippen LogP contribution in [0, 0.1) is 12.7 Å². The maximum atomic E-state index is 14.0. The van der Waals surface area contributed by atoms with E-state index in [1.807, 2.05) is 61.5 Å². The third-order valence-corrected chi connectivity index (χ3v) is 7.89. The van der Waals surface area contributed by atoms with Crippen LogP contribution in [-0.4, -0.2) is 35.5 Å². The molecule has 1 amide bonds. The minimum absolute atomic E-state index is 0.155. The van der Waals surface area contributed by atoms with Gasteiger partial charge < -0.3 is 14.8 Å². The van der Waals surface area contributed by atoms with Crippen LogP contribution >= 0.6 is 0 Å². The molecule has 0 atom stereocenters. The van der Waals surface area contributed by atoms with Gasteiger partial charge in [-0.1, -0.05) is 62.4 Å². The van der Waals surface area contributed by atoms with Crippen LogP contribution in [0.5, 0.6) is 11.5 Å². The number of benzene rings is 5. The zero-order chi connectivity index (χ0) is 33.1. The van der Waals surface area contributed by atoms with Crippen molar-refractivity contribution in [2.24, 2.45) is 5.10 Å². The van der Waals surface area contributed by atoms with E-state index in [4.69, 9.17) is 19.6 Å². The van der Waals surface area contributed by atoms with E-state index in [0.29, 0.717) is 33.7 Å². The first-order valence-electron chi connectivity index (χ1n) is 15.2. The molecule has 1 N–H and O–H groups in total. The molecule has 6 aromatic rings. The molecule has 9 heteroatoms. The first-order valence-corrected chi connectivity index (χ1v) is 15.2. The Balaban J connectivity index is 1.46. The number of aromatic nitrogens is 2. The van der Waals surface area contributed by atoms with Crippen molar-refractivity contribution in [1.29, 1.82) is 0 Å².